The van der Waals surface area contributed by atoms with E-state index in [0.29, 0.717) is 6.54 Å². The predicted octanol–water partition coefficient (Wildman–Crippen LogP) is 4.73. The number of aliphatic imine (C=N–C) groups is 1. The average Bonchev–Trinajstić information content (AvgIpc) is 2.64. The molecule has 0 saturated carbocycles. The Morgan fingerprint density at radius 2 is 1.26 bits per heavy atom. The molecule has 3 aromatic rings. The zero-order valence-electron chi connectivity index (χ0n) is 12.8. The quantitative estimate of drug-likeness (QED) is 0.489. The van der Waals surface area contributed by atoms with Crippen molar-refractivity contribution in [2.75, 3.05) is 0 Å². The highest BCUT2D eigenvalue weighted by Crippen LogP contribution is 2.06. The van der Waals surface area contributed by atoms with Gasteiger partial charge in [0.1, 0.15) is 5.71 Å². The molecule has 0 aromatic heterocycles. The van der Waals surface area contributed by atoms with Crippen molar-refractivity contribution in [3.63, 3.8) is 0 Å². The minimum atomic E-state index is 0.633. The van der Waals surface area contributed by atoms with Gasteiger partial charge in [0.05, 0.1) is 6.54 Å². The van der Waals surface area contributed by atoms with Gasteiger partial charge in [-0.15, -0.1) is 0 Å². The molecule has 0 amide bonds. The van der Waals surface area contributed by atoms with Gasteiger partial charge in [-0.05, 0) is 23.6 Å². The van der Waals surface area contributed by atoms with Crippen molar-refractivity contribution in [3.05, 3.63) is 108 Å². The lowest BCUT2D eigenvalue weighted by Gasteiger charge is -2.01. The monoisotopic (exact) mass is 295 g/mol. The second-order valence-corrected chi connectivity index (χ2v) is 5.13. The summed E-state index contributed by atoms with van der Waals surface area (Å²) in [7, 11) is 0. The van der Waals surface area contributed by atoms with Crippen LogP contribution >= 0.6 is 0 Å². The number of nitrogens with zero attached hydrogens (tertiary/aromatic N) is 1. The fourth-order valence-electron chi connectivity index (χ4n) is 2.21. The van der Waals surface area contributed by atoms with E-state index in [1.54, 1.807) is 0 Å². The summed E-state index contributed by atoms with van der Waals surface area (Å²) in [5.74, 6) is 6.42. The normalized spacial score (nSPS) is 10.7. The third-order valence-electron chi connectivity index (χ3n) is 3.41. The standard InChI is InChI=1S/C22H17N/c1-4-10-19(11-5-1)16-17-22(21-14-8-3-9-15-21)23-18-20-12-6-2-7-13-20/h1-15H,18H2. The Hall–Kier alpha value is -3.11. The van der Waals surface area contributed by atoms with Crippen LogP contribution in [-0.4, -0.2) is 5.71 Å². The first-order valence-electron chi connectivity index (χ1n) is 7.63. The SMILES string of the molecule is C(#Cc1ccccc1)C(=NCc1ccccc1)c1ccccc1. The van der Waals surface area contributed by atoms with Gasteiger partial charge in [-0.25, -0.2) is 0 Å². The second kappa shape index (κ2) is 7.77. The van der Waals surface area contributed by atoms with Crippen LogP contribution in [0.15, 0.2) is 96.0 Å². The van der Waals surface area contributed by atoms with Crippen molar-refractivity contribution in [2.45, 2.75) is 6.54 Å². The first kappa shape index (κ1) is 14.8. The molecule has 110 valence electrons. The molecule has 0 saturated heterocycles. The van der Waals surface area contributed by atoms with Crippen LogP contribution in [0, 0.1) is 11.8 Å². The Balaban J connectivity index is 1.90. The van der Waals surface area contributed by atoms with Crippen LogP contribution in [0.3, 0.4) is 0 Å². The molecule has 3 rings (SSSR count). The molecule has 0 fully saturated rings. The first-order chi connectivity index (χ1) is 11.4. The van der Waals surface area contributed by atoms with Gasteiger partial charge < -0.3 is 0 Å². The zero-order chi connectivity index (χ0) is 15.7. The van der Waals surface area contributed by atoms with Crippen molar-refractivity contribution in [1.82, 2.24) is 0 Å². The minimum Gasteiger partial charge on any atom is -0.271 e. The molecule has 3 aromatic carbocycles. The lowest BCUT2D eigenvalue weighted by molar-refractivity contribution is 1.07. The van der Waals surface area contributed by atoms with Crippen molar-refractivity contribution in [1.29, 1.82) is 0 Å². The van der Waals surface area contributed by atoms with Crippen LogP contribution in [0.25, 0.3) is 0 Å². The van der Waals surface area contributed by atoms with Gasteiger partial charge >= 0.3 is 0 Å². The molecule has 0 N–H and O–H groups in total. The molecule has 1 nitrogen and oxygen atoms in total. The molecule has 0 aliphatic rings. The second-order valence-electron chi connectivity index (χ2n) is 5.13. The van der Waals surface area contributed by atoms with Crippen molar-refractivity contribution in [3.8, 4) is 11.8 Å². The number of hydrogen-bond acceptors (Lipinski definition) is 1. The van der Waals surface area contributed by atoms with E-state index in [2.05, 4.69) is 24.0 Å². The summed E-state index contributed by atoms with van der Waals surface area (Å²) in [5.41, 5.74) is 4.04. The van der Waals surface area contributed by atoms with Crippen LogP contribution in [0.1, 0.15) is 16.7 Å². The van der Waals surface area contributed by atoms with Crippen LogP contribution in [0.2, 0.25) is 0 Å². The summed E-state index contributed by atoms with van der Waals surface area (Å²) in [6.45, 7) is 0.633. The molecule has 0 radical (unpaired) electrons. The van der Waals surface area contributed by atoms with Crippen LogP contribution < -0.4 is 0 Å². The molecule has 0 spiro atoms. The van der Waals surface area contributed by atoms with E-state index < -0.39 is 0 Å². The highest BCUT2D eigenvalue weighted by Gasteiger charge is 1.99. The number of benzene rings is 3. The van der Waals surface area contributed by atoms with E-state index in [1.807, 2.05) is 78.9 Å². The Bertz CT molecular complexity index is 823. The van der Waals surface area contributed by atoms with Crippen LogP contribution in [0.4, 0.5) is 0 Å². The summed E-state index contributed by atoms with van der Waals surface area (Å²) in [6, 6.07) is 30.3. The Morgan fingerprint density at radius 1 is 0.696 bits per heavy atom. The smallest absolute Gasteiger partial charge is 0.115 e. The van der Waals surface area contributed by atoms with Gasteiger partial charge in [0.25, 0.3) is 0 Å². The molecular formula is C22H17N. The van der Waals surface area contributed by atoms with E-state index in [1.165, 1.54) is 5.56 Å². The number of rotatable bonds is 3. The zero-order valence-corrected chi connectivity index (χ0v) is 12.8. The topological polar surface area (TPSA) is 12.4 Å². The minimum absolute atomic E-state index is 0.633. The lowest BCUT2D eigenvalue weighted by Crippen LogP contribution is -1.98. The maximum absolute atomic E-state index is 4.72. The van der Waals surface area contributed by atoms with Crippen molar-refractivity contribution in [2.24, 2.45) is 4.99 Å². The molecule has 0 bridgehead atoms. The fraction of sp³-hybridized carbons (Fsp3) is 0.0455. The van der Waals surface area contributed by atoms with E-state index >= 15 is 0 Å². The maximum atomic E-state index is 4.72. The van der Waals surface area contributed by atoms with Gasteiger partial charge in [0.15, 0.2) is 0 Å². The van der Waals surface area contributed by atoms with E-state index in [9.17, 15) is 0 Å². The predicted molar refractivity (Wildman–Crippen MR) is 96.4 cm³/mol. The highest BCUT2D eigenvalue weighted by atomic mass is 14.7. The molecule has 0 unspecified atom stereocenters. The maximum Gasteiger partial charge on any atom is 0.115 e. The molecule has 1 heteroatoms. The van der Waals surface area contributed by atoms with Gasteiger partial charge in [-0.1, -0.05) is 84.8 Å². The molecule has 23 heavy (non-hydrogen) atoms. The largest absolute Gasteiger partial charge is 0.271 e. The van der Waals surface area contributed by atoms with Gasteiger partial charge in [0.2, 0.25) is 0 Å². The van der Waals surface area contributed by atoms with E-state index in [-0.39, 0.29) is 0 Å². The van der Waals surface area contributed by atoms with Crippen LogP contribution in [0.5, 0.6) is 0 Å². The van der Waals surface area contributed by atoms with Gasteiger partial charge in [0, 0.05) is 11.1 Å². The van der Waals surface area contributed by atoms with E-state index in [0.717, 1.165) is 16.8 Å². The summed E-state index contributed by atoms with van der Waals surface area (Å²) < 4.78 is 0. The number of hydrogen-bond donors (Lipinski definition) is 0. The lowest BCUT2D eigenvalue weighted by atomic mass is 10.1. The van der Waals surface area contributed by atoms with Gasteiger partial charge in [-0.3, -0.25) is 4.99 Å². The third kappa shape index (κ3) is 4.43. The molecular weight excluding hydrogens is 278 g/mol. The summed E-state index contributed by atoms with van der Waals surface area (Å²) in [5, 5.41) is 0. The fourth-order valence-corrected chi connectivity index (χ4v) is 2.21. The van der Waals surface area contributed by atoms with E-state index in [4.69, 9.17) is 4.99 Å². The first-order valence-corrected chi connectivity index (χ1v) is 7.63. The molecule has 0 aliphatic carbocycles. The highest BCUT2D eigenvalue weighted by molar-refractivity contribution is 6.13. The Morgan fingerprint density at radius 3 is 1.91 bits per heavy atom. The molecule has 0 atom stereocenters. The molecule has 0 heterocycles. The summed E-state index contributed by atoms with van der Waals surface area (Å²) >= 11 is 0. The molecule has 0 aliphatic heterocycles. The van der Waals surface area contributed by atoms with Crippen molar-refractivity contribution >= 4 is 5.71 Å². The third-order valence-corrected chi connectivity index (χ3v) is 3.41. The Labute approximate surface area is 137 Å². The summed E-state index contributed by atoms with van der Waals surface area (Å²) in [4.78, 5) is 4.72. The summed E-state index contributed by atoms with van der Waals surface area (Å²) in [6.07, 6.45) is 0. The van der Waals surface area contributed by atoms with Gasteiger partial charge in [-0.2, -0.15) is 0 Å². The van der Waals surface area contributed by atoms with Crippen molar-refractivity contribution < 1.29 is 0 Å². The van der Waals surface area contributed by atoms with Crippen LogP contribution in [-0.2, 0) is 6.54 Å². The Kier molecular flexibility index (Phi) is 5.01. The average molecular weight is 295 g/mol.